The number of benzene rings is 11. The van der Waals surface area contributed by atoms with Crippen molar-refractivity contribution in [2.24, 2.45) is 0 Å². The Morgan fingerprint density at radius 2 is 0.662 bits per heavy atom. The molecule has 0 fully saturated rings. The number of nitrogens with zero attached hydrogens (tertiary/aromatic N) is 4. The predicted octanol–water partition coefficient (Wildman–Crippen LogP) is 15.9. The van der Waals surface area contributed by atoms with Crippen molar-refractivity contribution in [2.45, 2.75) is 0 Å². The minimum Gasteiger partial charge on any atom is -0.309 e. The maximum absolute atomic E-state index is 5.13. The quantitative estimate of drug-likeness (QED) is 0.168. The number of fused-ring (bicyclic) bond motifs is 8. The summed E-state index contributed by atoms with van der Waals surface area (Å²) in [6, 6.07) is 82.6. The van der Waals surface area contributed by atoms with Crippen LogP contribution >= 0.6 is 0 Å². The third-order valence-electron chi connectivity index (χ3n) is 13.0. The van der Waals surface area contributed by atoms with Crippen molar-refractivity contribution < 1.29 is 0 Å². The van der Waals surface area contributed by atoms with Gasteiger partial charge in [-0.05, 0) is 108 Å². The second kappa shape index (κ2) is 15.0. The molecule has 0 N–H and O–H groups in total. The van der Waals surface area contributed by atoms with Gasteiger partial charge in [0.05, 0.1) is 11.0 Å². The van der Waals surface area contributed by atoms with Crippen molar-refractivity contribution >= 4 is 64.9 Å². The Morgan fingerprint density at radius 3 is 1.31 bits per heavy atom. The van der Waals surface area contributed by atoms with Crippen LogP contribution in [0.4, 0.5) is 0 Å². The Kier molecular flexibility index (Phi) is 8.50. The van der Waals surface area contributed by atoms with E-state index in [1.165, 1.54) is 65.3 Å². The Labute approximate surface area is 375 Å². The summed E-state index contributed by atoms with van der Waals surface area (Å²) in [5.41, 5.74) is 11.0. The molecule has 0 aliphatic rings. The lowest BCUT2D eigenvalue weighted by molar-refractivity contribution is 1.08. The molecule has 4 nitrogen and oxygen atoms in total. The lowest BCUT2D eigenvalue weighted by atomic mass is 9.97. The smallest absolute Gasteiger partial charge is 0.164 e. The first-order valence-corrected chi connectivity index (χ1v) is 22.1. The average molecular weight is 827 g/mol. The van der Waals surface area contributed by atoms with Crippen molar-refractivity contribution in [2.75, 3.05) is 0 Å². The molecular weight excluding hydrogens is 789 g/mol. The van der Waals surface area contributed by atoms with Crippen LogP contribution in [0.15, 0.2) is 231 Å². The summed E-state index contributed by atoms with van der Waals surface area (Å²) in [6.45, 7) is 0. The molecule has 0 radical (unpaired) electrons. The molecular formula is C61H38N4. The number of para-hydroxylation sites is 1. The van der Waals surface area contributed by atoms with Gasteiger partial charge in [-0.15, -0.1) is 0 Å². The van der Waals surface area contributed by atoms with Crippen molar-refractivity contribution in [1.29, 1.82) is 0 Å². The second-order valence-electron chi connectivity index (χ2n) is 16.9. The zero-order valence-electron chi connectivity index (χ0n) is 35.2. The van der Waals surface area contributed by atoms with E-state index in [2.05, 4.69) is 235 Å². The molecule has 65 heavy (non-hydrogen) atoms. The fourth-order valence-electron chi connectivity index (χ4n) is 9.66. The first-order chi connectivity index (χ1) is 32.2. The largest absolute Gasteiger partial charge is 0.309 e. The normalized spacial score (nSPS) is 11.7. The van der Waals surface area contributed by atoms with Gasteiger partial charge in [-0.2, -0.15) is 0 Å². The van der Waals surface area contributed by atoms with E-state index in [1.54, 1.807) is 0 Å². The fourth-order valence-corrected chi connectivity index (χ4v) is 9.66. The summed E-state index contributed by atoms with van der Waals surface area (Å²) in [4.78, 5) is 15.3. The van der Waals surface area contributed by atoms with Gasteiger partial charge in [-0.1, -0.05) is 182 Å². The van der Waals surface area contributed by atoms with Crippen LogP contribution in [0.5, 0.6) is 0 Å². The van der Waals surface area contributed by atoms with Gasteiger partial charge in [0.1, 0.15) is 0 Å². The summed E-state index contributed by atoms with van der Waals surface area (Å²) in [7, 11) is 0. The molecule has 13 aromatic rings. The van der Waals surface area contributed by atoms with Crippen LogP contribution < -0.4 is 0 Å². The Balaban J connectivity index is 0.842. The Bertz CT molecular complexity index is 3920. The highest BCUT2D eigenvalue weighted by Gasteiger charge is 2.17. The number of hydrogen-bond acceptors (Lipinski definition) is 3. The third kappa shape index (κ3) is 6.42. The SMILES string of the molecule is c1cc(-c2ccc3cc(-c4ccc(-n5c6ccccc6c6ccc7ccccc7c65)cc4)ccc3c2)cc(-c2nc(-c3ccc4ccccc4c3)nc(-c3ccc4ccccc4c3)n2)c1. The van der Waals surface area contributed by atoms with Crippen LogP contribution in [0.25, 0.3) is 127 Å². The van der Waals surface area contributed by atoms with Crippen molar-refractivity contribution in [3.63, 3.8) is 0 Å². The number of hydrogen-bond donors (Lipinski definition) is 0. The highest BCUT2D eigenvalue weighted by Crippen LogP contribution is 2.38. The average Bonchev–Trinajstić information content (AvgIpc) is 3.73. The Hall–Kier alpha value is -8.73. The zero-order chi connectivity index (χ0) is 42.8. The molecule has 4 heteroatoms. The van der Waals surface area contributed by atoms with Crippen molar-refractivity contribution in [3.05, 3.63) is 231 Å². The van der Waals surface area contributed by atoms with E-state index in [9.17, 15) is 0 Å². The first-order valence-electron chi connectivity index (χ1n) is 22.1. The van der Waals surface area contributed by atoms with Crippen LogP contribution in [0, 0.1) is 0 Å². The molecule has 302 valence electrons. The number of rotatable bonds is 6. The van der Waals surface area contributed by atoms with Crippen LogP contribution in [-0.2, 0) is 0 Å². The minimum absolute atomic E-state index is 0.635. The molecule has 0 unspecified atom stereocenters. The van der Waals surface area contributed by atoms with Crippen LogP contribution in [-0.4, -0.2) is 19.5 Å². The van der Waals surface area contributed by atoms with Gasteiger partial charge in [-0.3, -0.25) is 0 Å². The lowest BCUT2D eigenvalue weighted by Gasteiger charge is -2.12. The molecule has 0 saturated carbocycles. The van der Waals surface area contributed by atoms with Crippen molar-refractivity contribution in [1.82, 2.24) is 19.5 Å². The van der Waals surface area contributed by atoms with E-state index in [0.717, 1.165) is 44.3 Å². The minimum atomic E-state index is 0.635. The molecule has 0 spiro atoms. The third-order valence-corrected chi connectivity index (χ3v) is 13.0. The van der Waals surface area contributed by atoms with Crippen LogP contribution in [0.1, 0.15) is 0 Å². The zero-order valence-corrected chi connectivity index (χ0v) is 35.2. The van der Waals surface area contributed by atoms with Gasteiger partial charge in [-0.25, -0.2) is 15.0 Å². The molecule has 2 heterocycles. The number of aromatic nitrogens is 4. The fraction of sp³-hybridized carbons (Fsp3) is 0. The summed E-state index contributed by atoms with van der Waals surface area (Å²) >= 11 is 0. The summed E-state index contributed by atoms with van der Waals surface area (Å²) < 4.78 is 2.42. The topological polar surface area (TPSA) is 43.6 Å². The Morgan fingerprint density at radius 1 is 0.246 bits per heavy atom. The van der Waals surface area contributed by atoms with Crippen molar-refractivity contribution in [3.8, 4) is 62.1 Å². The van der Waals surface area contributed by atoms with Gasteiger partial charge in [0.15, 0.2) is 17.5 Å². The molecule has 0 saturated heterocycles. The summed E-state index contributed by atoms with van der Waals surface area (Å²) in [5, 5.41) is 12.1. The molecule has 13 rings (SSSR count). The first kappa shape index (κ1) is 36.9. The van der Waals surface area contributed by atoms with Gasteiger partial charge in [0.25, 0.3) is 0 Å². The van der Waals surface area contributed by atoms with E-state index < -0.39 is 0 Å². The molecule has 2 aromatic heterocycles. The van der Waals surface area contributed by atoms with Gasteiger partial charge in [0, 0.05) is 38.5 Å². The van der Waals surface area contributed by atoms with Gasteiger partial charge >= 0.3 is 0 Å². The second-order valence-corrected chi connectivity index (χ2v) is 16.9. The highest BCUT2D eigenvalue weighted by atomic mass is 15.0. The van der Waals surface area contributed by atoms with Crippen LogP contribution in [0.2, 0.25) is 0 Å². The highest BCUT2D eigenvalue weighted by molar-refractivity contribution is 6.18. The molecule has 0 bridgehead atoms. The lowest BCUT2D eigenvalue weighted by Crippen LogP contribution is -2.00. The molecule has 11 aromatic carbocycles. The monoisotopic (exact) mass is 826 g/mol. The maximum Gasteiger partial charge on any atom is 0.164 e. The van der Waals surface area contributed by atoms with E-state index in [-0.39, 0.29) is 0 Å². The molecule has 0 atom stereocenters. The summed E-state index contributed by atoms with van der Waals surface area (Å²) in [6.07, 6.45) is 0. The van der Waals surface area contributed by atoms with E-state index in [4.69, 9.17) is 15.0 Å². The van der Waals surface area contributed by atoms with E-state index in [0.29, 0.717) is 17.5 Å². The summed E-state index contributed by atoms with van der Waals surface area (Å²) in [5.74, 6) is 1.92. The van der Waals surface area contributed by atoms with Crippen LogP contribution in [0.3, 0.4) is 0 Å². The predicted molar refractivity (Wildman–Crippen MR) is 271 cm³/mol. The molecule has 0 amide bonds. The molecule has 0 aliphatic carbocycles. The van der Waals surface area contributed by atoms with E-state index in [1.807, 2.05) is 0 Å². The maximum atomic E-state index is 5.13. The standard InChI is InChI=1S/C61H38N4/c1-3-13-43-36-51(26-20-39(43)10-1)60-62-59(63-61(64-60)52-27-21-40-11-2-4-14-44(40)37-52)50-16-9-15-45(38-50)47-24-25-48-34-46(22-23-49(48)35-47)41-28-31-53(32-29-41)65-57-19-8-7-18-55(57)56-33-30-42-12-5-6-17-54(42)58(56)65/h1-38H. The van der Waals surface area contributed by atoms with Gasteiger partial charge in [0.2, 0.25) is 0 Å². The molecule has 0 aliphatic heterocycles. The van der Waals surface area contributed by atoms with E-state index >= 15 is 0 Å². The van der Waals surface area contributed by atoms with Gasteiger partial charge < -0.3 is 4.57 Å².